The van der Waals surface area contributed by atoms with E-state index in [0.29, 0.717) is 22.5 Å². The van der Waals surface area contributed by atoms with Gasteiger partial charge in [0.2, 0.25) is 0 Å². The fraction of sp³-hybridized carbons (Fsp3) is 0.381. The molecule has 0 aliphatic heterocycles. The zero-order valence-corrected chi connectivity index (χ0v) is 32.6. The van der Waals surface area contributed by atoms with Gasteiger partial charge in [0.1, 0.15) is 11.5 Å². The molecule has 4 rings (SSSR count). The van der Waals surface area contributed by atoms with E-state index in [2.05, 4.69) is 79.7 Å². The second kappa shape index (κ2) is 19.8. The largest absolute Gasteiger partial charge is 2.00 e. The van der Waals surface area contributed by atoms with Gasteiger partial charge in [-0.2, -0.15) is 0 Å². The summed E-state index contributed by atoms with van der Waals surface area (Å²) in [6.07, 6.45) is 7.43. The van der Waals surface area contributed by atoms with Gasteiger partial charge in [0.25, 0.3) is 0 Å². The van der Waals surface area contributed by atoms with Gasteiger partial charge in [-0.1, -0.05) is 105 Å². The van der Waals surface area contributed by atoms with Gasteiger partial charge in [0, 0.05) is 46.6 Å². The number of hydrogen-bond acceptors (Lipinski definition) is 8. The van der Waals surface area contributed by atoms with Crippen LogP contribution in [0, 0.1) is 0 Å². The molecule has 9 heteroatoms. The van der Waals surface area contributed by atoms with Gasteiger partial charge in [-0.25, -0.2) is 0 Å². The molecule has 2 N–H and O–H groups in total. The summed E-state index contributed by atoms with van der Waals surface area (Å²) in [6.45, 7) is 19.0. The number of carboxylic acids is 2. The van der Waals surface area contributed by atoms with Gasteiger partial charge in [0.15, 0.2) is 0 Å². The standard InChI is InChI=1S/C38H46N2O2.2C2H4O2.Co/c1-9-13-25-17-29(35(41)31(19-25)37(3,4)5)23-39-33-21-27-15-11-12-16-28(27)22-34(33)40-24-30-18-26(14-10-2)20-32(36(30)42)38(6,7)8;2*1-2(3)4;/h11-12,15-24,41-42H,9-10,13-14H2,1-8H3;2*1H3,(H,3,4);/q;;;+2/p-2. The molecule has 1 radical (unpaired) electrons. The summed E-state index contributed by atoms with van der Waals surface area (Å²) in [5.41, 5.74) is 6.62. The zero-order valence-electron chi connectivity index (χ0n) is 31.5. The Balaban J connectivity index is 0.00000131. The Labute approximate surface area is 313 Å². The van der Waals surface area contributed by atoms with Crippen LogP contribution < -0.4 is 10.2 Å². The maximum atomic E-state index is 11.2. The van der Waals surface area contributed by atoms with Crippen LogP contribution in [0.3, 0.4) is 0 Å². The van der Waals surface area contributed by atoms with Gasteiger partial charge >= 0.3 is 16.8 Å². The summed E-state index contributed by atoms with van der Waals surface area (Å²) < 4.78 is 0. The third-order valence-corrected chi connectivity index (χ3v) is 7.62. The molecule has 0 bridgehead atoms. The molecule has 0 aliphatic carbocycles. The molecule has 275 valence electrons. The molecule has 0 amide bonds. The van der Waals surface area contributed by atoms with Crippen LogP contribution in [0.2, 0.25) is 0 Å². The second-order valence-electron chi connectivity index (χ2n) is 14.4. The molecule has 0 aromatic heterocycles. The first kappa shape index (κ1) is 44.5. The first-order chi connectivity index (χ1) is 23.3. The number of phenols is 2. The zero-order chi connectivity index (χ0) is 37.8. The summed E-state index contributed by atoms with van der Waals surface area (Å²) in [5.74, 6) is -1.63. The first-order valence-corrected chi connectivity index (χ1v) is 17.0. The van der Waals surface area contributed by atoms with Crippen molar-refractivity contribution in [3.8, 4) is 11.5 Å². The Hall–Kier alpha value is -4.47. The number of carboxylic acid groups (broad SMARTS) is 2. The van der Waals surface area contributed by atoms with E-state index in [4.69, 9.17) is 29.8 Å². The fourth-order valence-electron chi connectivity index (χ4n) is 5.35. The van der Waals surface area contributed by atoms with E-state index in [0.717, 1.165) is 61.4 Å². The minimum Gasteiger partial charge on any atom is -0.550 e. The van der Waals surface area contributed by atoms with Crippen molar-refractivity contribution in [1.82, 2.24) is 0 Å². The van der Waals surface area contributed by atoms with Gasteiger partial charge in [-0.05, 0) is 83.7 Å². The summed E-state index contributed by atoms with van der Waals surface area (Å²) in [7, 11) is 0. The number of phenolic OH excluding ortho intramolecular Hbond substituents is 2. The maximum Gasteiger partial charge on any atom is 2.00 e. The number of nitrogens with zero attached hydrogens (tertiary/aromatic N) is 2. The number of rotatable bonds is 8. The molecule has 8 nitrogen and oxygen atoms in total. The topological polar surface area (TPSA) is 145 Å². The van der Waals surface area contributed by atoms with Crippen LogP contribution in [0.4, 0.5) is 11.4 Å². The number of aryl methyl sites for hydroxylation is 2. The van der Waals surface area contributed by atoms with E-state index < -0.39 is 11.9 Å². The van der Waals surface area contributed by atoms with Crippen molar-refractivity contribution < 1.29 is 46.8 Å². The van der Waals surface area contributed by atoms with Gasteiger partial charge in [-0.3, -0.25) is 9.98 Å². The van der Waals surface area contributed by atoms with E-state index in [1.165, 1.54) is 11.1 Å². The fourth-order valence-corrected chi connectivity index (χ4v) is 5.35. The smallest absolute Gasteiger partial charge is 0.550 e. The minimum atomic E-state index is -1.08. The van der Waals surface area contributed by atoms with Crippen molar-refractivity contribution >= 4 is 46.5 Å². The van der Waals surface area contributed by atoms with E-state index in [1.54, 1.807) is 12.4 Å². The van der Waals surface area contributed by atoms with Crippen LogP contribution in [0.1, 0.15) is 115 Å². The molecule has 0 aliphatic rings. The molecule has 0 saturated heterocycles. The predicted octanol–water partition coefficient (Wildman–Crippen LogP) is 7.76. The SMILES string of the molecule is CC(=O)[O-].CC(=O)[O-].CCCc1cc(C=Nc2cc3ccccc3cc2N=Cc2cc(CCC)cc(C(C)(C)C)c2O)c(O)c(C(C)(C)C)c1.[Co+2]. The molecular weight excluding hydrogens is 687 g/mol. The van der Waals surface area contributed by atoms with Crippen molar-refractivity contribution in [3.63, 3.8) is 0 Å². The quantitative estimate of drug-likeness (QED) is 0.177. The van der Waals surface area contributed by atoms with Crippen LogP contribution in [0.25, 0.3) is 10.8 Å². The summed E-state index contributed by atoms with van der Waals surface area (Å²) in [6, 6.07) is 20.5. The predicted molar refractivity (Wildman–Crippen MR) is 201 cm³/mol. The average molecular weight is 740 g/mol. The van der Waals surface area contributed by atoms with E-state index in [1.807, 2.05) is 36.4 Å². The molecule has 0 saturated carbocycles. The number of aliphatic carboxylic acids is 2. The summed E-state index contributed by atoms with van der Waals surface area (Å²) in [5, 5.41) is 42.4. The molecule has 0 heterocycles. The number of benzene rings is 4. The van der Waals surface area contributed by atoms with Crippen molar-refractivity contribution in [2.45, 2.75) is 106 Å². The van der Waals surface area contributed by atoms with Crippen molar-refractivity contribution in [3.05, 3.63) is 94.0 Å². The molecule has 0 fully saturated rings. The Kier molecular flexibility index (Phi) is 17.3. The Morgan fingerprint density at radius 2 is 0.961 bits per heavy atom. The van der Waals surface area contributed by atoms with E-state index in [9.17, 15) is 10.2 Å². The molecule has 0 unspecified atom stereocenters. The van der Waals surface area contributed by atoms with Gasteiger partial charge < -0.3 is 30.0 Å². The van der Waals surface area contributed by atoms with Gasteiger partial charge in [-0.15, -0.1) is 0 Å². The van der Waals surface area contributed by atoms with Crippen molar-refractivity contribution in [2.75, 3.05) is 0 Å². The maximum absolute atomic E-state index is 11.2. The Morgan fingerprint density at radius 3 is 1.24 bits per heavy atom. The Morgan fingerprint density at radius 1 is 0.647 bits per heavy atom. The van der Waals surface area contributed by atoms with Crippen LogP contribution in [0.5, 0.6) is 11.5 Å². The molecular formula is C42H52CoN2O6. The first-order valence-electron chi connectivity index (χ1n) is 17.0. The third kappa shape index (κ3) is 14.0. The molecule has 51 heavy (non-hydrogen) atoms. The summed E-state index contributed by atoms with van der Waals surface area (Å²) in [4.78, 5) is 27.6. The molecule has 4 aromatic rings. The monoisotopic (exact) mass is 739 g/mol. The number of carbonyl (C=O) groups excluding carboxylic acids is 2. The van der Waals surface area contributed by atoms with Crippen LogP contribution in [-0.4, -0.2) is 34.6 Å². The Bertz CT molecular complexity index is 1710. The van der Waals surface area contributed by atoms with Crippen molar-refractivity contribution in [2.24, 2.45) is 9.98 Å². The van der Waals surface area contributed by atoms with Crippen LogP contribution >= 0.6 is 0 Å². The molecule has 0 atom stereocenters. The number of carbonyl (C=O) groups is 2. The normalized spacial score (nSPS) is 11.4. The number of fused-ring (bicyclic) bond motifs is 1. The van der Waals surface area contributed by atoms with Crippen molar-refractivity contribution in [1.29, 1.82) is 0 Å². The van der Waals surface area contributed by atoms with Gasteiger partial charge in [0.05, 0.1) is 11.4 Å². The third-order valence-electron chi connectivity index (χ3n) is 7.62. The second-order valence-corrected chi connectivity index (χ2v) is 14.4. The van der Waals surface area contributed by atoms with Crippen LogP contribution in [0.15, 0.2) is 70.6 Å². The number of aliphatic imine (C=N–C) groups is 2. The average Bonchev–Trinajstić information content (AvgIpc) is 2.99. The number of hydrogen-bond donors (Lipinski definition) is 2. The number of aromatic hydroxyl groups is 2. The minimum absolute atomic E-state index is 0. The van der Waals surface area contributed by atoms with Crippen LogP contribution in [-0.2, 0) is 50.0 Å². The molecule has 4 aromatic carbocycles. The van der Waals surface area contributed by atoms with E-state index in [-0.39, 0.29) is 39.1 Å². The molecule has 0 spiro atoms. The summed E-state index contributed by atoms with van der Waals surface area (Å²) >= 11 is 0. The van der Waals surface area contributed by atoms with E-state index >= 15 is 0 Å².